The van der Waals surface area contributed by atoms with Crippen LogP contribution in [0.3, 0.4) is 0 Å². The van der Waals surface area contributed by atoms with Crippen molar-refractivity contribution in [3.8, 4) is 33.8 Å². The van der Waals surface area contributed by atoms with Gasteiger partial charge in [0.25, 0.3) is 15.6 Å². The Morgan fingerprint density at radius 1 is 0.380 bits per heavy atom. The van der Waals surface area contributed by atoms with Crippen molar-refractivity contribution in [2.45, 2.75) is 284 Å². The van der Waals surface area contributed by atoms with E-state index >= 15 is 0 Å². The molecule has 13 rings (SSSR count). The Kier molecular flexibility index (Phi) is 26.0. The fraction of sp³-hybridized carbons (Fsp3) is 0.489. The first kappa shape index (κ1) is 86.5. The molecule has 108 heavy (non-hydrogen) atoms. The van der Waals surface area contributed by atoms with E-state index in [-0.39, 0.29) is 53.8 Å². The molecule has 16 heteroatoms. The van der Waals surface area contributed by atoms with E-state index in [4.69, 9.17) is 4.42 Å². The summed E-state index contributed by atoms with van der Waals surface area (Å²) < 4.78 is 33.3. The van der Waals surface area contributed by atoms with Crippen molar-refractivity contribution in [1.29, 1.82) is 0 Å². The highest BCUT2D eigenvalue weighted by Gasteiger charge is 2.32. The van der Waals surface area contributed by atoms with Crippen molar-refractivity contribution in [2.75, 3.05) is 5.32 Å². The van der Waals surface area contributed by atoms with Crippen molar-refractivity contribution in [1.82, 2.24) is 44.9 Å². The van der Waals surface area contributed by atoms with E-state index in [9.17, 15) is 13.2 Å². The average molecular weight is 1490 g/mol. The molecule has 5 N–H and O–H groups in total. The van der Waals surface area contributed by atoms with Gasteiger partial charge in [0.2, 0.25) is 0 Å². The van der Waals surface area contributed by atoms with Gasteiger partial charge in [0.1, 0.15) is 39.5 Å². The van der Waals surface area contributed by atoms with E-state index in [2.05, 4.69) is 295 Å². The second-order valence-electron chi connectivity index (χ2n) is 40.3. The van der Waals surface area contributed by atoms with E-state index in [0.717, 1.165) is 56.9 Å². The Balaban J connectivity index is 0.000000183. The number of hydrogen-bond donors (Lipinski definition) is 5. The molecule has 2 aliphatic rings. The number of benzene rings is 6. The third-order valence-electron chi connectivity index (χ3n) is 17.5. The maximum atomic E-state index is 11.9. The number of sulfonamides is 1. The van der Waals surface area contributed by atoms with E-state index in [0.29, 0.717) is 27.7 Å². The van der Waals surface area contributed by atoms with E-state index in [1.807, 2.05) is 78.3 Å². The lowest BCUT2D eigenvalue weighted by atomic mass is 9.81. The number of anilines is 1. The summed E-state index contributed by atoms with van der Waals surface area (Å²) in [5.41, 5.74) is 18.0. The van der Waals surface area contributed by atoms with Crippen LogP contribution >= 0.6 is 0 Å². The summed E-state index contributed by atoms with van der Waals surface area (Å²) in [6.45, 7) is 69.2. The van der Waals surface area contributed by atoms with Crippen molar-refractivity contribution in [3.63, 3.8) is 0 Å². The summed E-state index contributed by atoms with van der Waals surface area (Å²) >= 11 is 0. The van der Waals surface area contributed by atoms with E-state index in [1.54, 1.807) is 35.9 Å². The zero-order chi connectivity index (χ0) is 81.1. The molecule has 582 valence electrons. The molecule has 1 aliphatic heterocycles. The third-order valence-corrected chi connectivity index (χ3v) is 18.8. The Morgan fingerprint density at radius 3 is 1.27 bits per heavy atom. The minimum Gasteiger partial charge on any atom is -0.443 e. The van der Waals surface area contributed by atoms with Gasteiger partial charge in [-0.3, -0.25) is 4.79 Å². The predicted molar refractivity (Wildman–Crippen MR) is 457 cm³/mol. The van der Waals surface area contributed by atoms with Gasteiger partial charge in [0.15, 0.2) is 12.0 Å². The topological polar surface area (TPSA) is 216 Å². The molecule has 1 aliphatic carbocycles. The number of amidine groups is 1. The van der Waals surface area contributed by atoms with Crippen LogP contribution in [0.2, 0.25) is 0 Å². The molecule has 0 radical (unpaired) electrons. The van der Waals surface area contributed by atoms with Gasteiger partial charge in [-0.2, -0.15) is 8.42 Å². The fourth-order valence-corrected chi connectivity index (χ4v) is 13.3. The molecule has 11 aromatic rings. The third kappa shape index (κ3) is 23.2. The van der Waals surface area contributed by atoms with Crippen molar-refractivity contribution < 1.29 is 12.8 Å². The predicted octanol–water partition coefficient (Wildman–Crippen LogP) is 24.4. The average Bonchev–Trinajstić information content (AvgIpc) is 1.55. The molecule has 6 aromatic carbocycles. The number of aromatic nitrogens is 9. The Morgan fingerprint density at radius 2 is 0.787 bits per heavy atom. The maximum absolute atomic E-state index is 11.9. The molecule has 5 aromatic heterocycles. The highest BCUT2D eigenvalue weighted by Crippen LogP contribution is 2.41. The van der Waals surface area contributed by atoms with Gasteiger partial charge in [0.05, 0.1) is 52.3 Å². The molecule has 0 saturated carbocycles. The van der Waals surface area contributed by atoms with Crippen LogP contribution in [0, 0.1) is 16.2 Å². The van der Waals surface area contributed by atoms with Crippen LogP contribution in [0.1, 0.15) is 279 Å². The number of nitrogens with zero attached hydrogens (tertiary/aromatic N) is 6. The zero-order valence-corrected chi connectivity index (χ0v) is 72.4. The molecule has 0 amide bonds. The molecular formula is C92H129N11O4S. The minimum atomic E-state index is -3.55. The number of aromatic amines is 4. The second-order valence-corrected chi connectivity index (χ2v) is 41.8. The number of oxazole rings is 1. The molecule has 0 bridgehead atoms. The zero-order valence-electron chi connectivity index (χ0n) is 71.5. The van der Waals surface area contributed by atoms with Crippen molar-refractivity contribution in [3.05, 3.63) is 196 Å². The first-order valence-electron chi connectivity index (χ1n) is 38.2. The van der Waals surface area contributed by atoms with Gasteiger partial charge in [-0.1, -0.05) is 306 Å². The lowest BCUT2D eigenvalue weighted by Crippen LogP contribution is -2.32. The van der Waals surface area contributed by atoms with Crippen LogP contribution in [-0.2, 0) is 60.8 Å². The molecule has 0 unspecified atom stereocenters. The van der Waals surface area contributed by atoms with Crippen LogP contribution in [0.25, 0.3) is 66.5 Å². The van der Waals surface area contributed by atoms with Gasteiger partial charge in [-0.15, -0.1) is 4.40 Å². The lowest BCUT2D eigenvalue weighted by Gasteiger charge is -2.26. The molecule has 0 saturated heterocycles. The van der Waals surface area contributed by atoms with Gasteiger partial charge in [0, 0.05) is 49.3 Å². The van der Waals surface area contributed by atoms with Gasteiger partial charge < -0.3 is 29.7 Å². The largest absolute Gasteiger partial charge is 0.443 e. The normalized spacial score (nSPS) is 13.9. The summed E-state index contributed by atoms with van der Waals surface area (Å²) in [5, 5.41) is 6.31. The van der Waals surface area contributed by atoms with Crippen molar-refractivity contribution >= 4 is 54.3 Å². The number of rotatable bonds is 3. The van der Waals surface area contributed by atoms with Gasteiger partial charge in [-0.05, 0) is 104 Å². The maximum Gasteiger partial charge on any atom is 0.286 e. The molecule has 0 atom stereocenters. The SMILES string of the molecule is CC(C)(C)C.CC(C)(C)C.CC(C)(C)C1=NS(=O)(=O)c2ccccc2N1.CC(C)(C)c1nc2ccccc2c(=O)[nH]1.CC(C)(C)c1ncc(-c2ccc(C(C)(C)C)c3c2CCC3)[nH]1.CC(C)(C)c1ncc(-c2ccc(C(C)(C)C)c3ccccc23)[nH]1.CC(C)(C)c1ncc(-c2ccc(C(C)(C)C)c3ocnc23)[nH]1. The Labute approximate surface area is 647 Å². The molecule has 6 heterocycles. The quantitative estimate of drug-likeness (QED) is 0.113. The van der Waals surface area contributed by atoms with Crippen LogP contribution < -0.4 is 10.9 Å². The number of fused-ring (bicyclic) bond motifs is 5. The van der Waals surface area contributed by atoms with E-state index in [1.165, 1.54) is 75.5 Å². The number of para-hydroxylation sites is 2. The summed E-state index contributed by atoms with van der Waals surface area (Å²) in [5.74, 6) is 4.27. The Bertz CT molecular complexity index is 5070. The van der Waals surface area contributed by atoms with Crippen molar-refractivity contribution in [2.24, 2.45) is 20.6 Å². The monoisotopic (exact) mass is 1480 g/mol. The second kappa shape index (κ2) is 32.4. The highest BCUT2D eigenvalue weighted by molar-refractivity contribution is 7.90. The molecule has 0 fully saturated rings. The van der Waals surface area contributed by atoms with Gasteiger partial charge in [-0.25, -0.2) is 24.9 Å². The molecular weight excluding hydrogens is 1360 g/mol. The highest BCUT2D eigenvalue weighted by atomic mass is 32.2. The number of nitrogens with one attached hydrogen (secondary N) is 5. The molecule has 15 nitrogen and oxygen atoms in total. The number of H-pyrrole nitrogens is 4. The summed E-state index contributed by atoms with van der Waals surface area (Å²) in [6, 6.07) is 36.2. The van der Waals surface area contributed by atoms with Crippen LogP contribution in [-0.4, -0.2) is 59.1 Å². The fourth-order valence-electron chi connectivity index (χ4n) is 12.0. The summed E-state index contributed by atoms with van der Waals surface area (Å²) in [6.07, 6.45) is 11.0. The van der Waals surface area contributed by atoms with E-state index < -0.39 is 10.0 Å². The molecule has 0 spiro atoms. The van der Waals surface area contributed by atoms with Crippen LogP contribution in [0.4, 0.5) is 5.69 Å². The van der Waals surface area contributed by atoms with Crippen LogP contribution in [0.5, 0.6) is 0 Å². The first-order valence-corrected chi connectivity index (χ1v) is 39.7. The Hall–Kier alpha value is -8.76. The summed E-state index contributed by atoms with van der Waals surface area (Å²) in [7, 11) is -3.55. The first-order chi connectivity index (χ1) is 49.3. The standard InChI is InChI=1S/C21H26N2.C20H28N2.C18H23N3O.C12H14N2O.C11H14N2O2S.2C5H12/c1-20(2,3)17-12-11-16(14-9-7-8-10-15(14)17)18-13-22-19(23-18)21(4,5)6;1-19(2,3)16-11-10-15(13-8-7-9-14(13)16)17-12-21-18(22-17)20(4,5)6;1-17(2,3)12-8-7-11(14-15(12)22-10-20-14)13-9-19-16(21-13)18(4,5)6;1-12(2,3)11-13-9-7-5-4-6-8(9)10(15)14-11;1-11(2,3)10-12-8-6-4-5-7-9(8)16(14,15)13-10;2*1-5(2,3)4/h7-13H,1-6H3,(H,22,23);10-12H,7-9H2,1-6H3,(H,21,22);7-10H,1-6H3,(H,19,21);4-7H,1-3H3,(H,13,14,15);4-7H,1-3H3,(H,12,13);2*1-4H3. The summed E-state index contributed by atoms with van der Waals surface area (Å²) in [4.78, 5) is 47.9. The number of hydrogen-bond acceptors (Lipinski definition) is 10. The van der Waals surface area contributed by atoms with Crippen LogP contribution in [0.15, 0.2) is 153 Å². The van der Waals surface area contributed by atoms with Gasteiger partial charge >= 0.3 is 0 Å². The minimum absolute atomic E-state index is 0.00740. The lowest BCUT2D eigenvalue weighted by molar-refractivity contribution is 0.469. The number of imidazole rings is 3. The smallest absolute Gasteiger partial charge is 0.286 e.